The fourth-order valence-corrected chi connectivity index (χ4v) is 10.1. The number of ether oxygens (including phenoxy) is 2. The first-order valence-electron chi connectivity index (χ1n) is 24.6. The van der Waals surface area contributed by atoms with Crippen molar-refractivity contribution in [1.82, 2.24) is 0 Å². The van der Waals surface area contributed by atoms with Crippen molar-refractivity contribution < 1.29 is 50.8 Å². The van der Waals surface area contributed by atoms with E-state index in [0.29, 0.717) is 11.1 Å². The van der Waals surface area contributed by atoms with E-state index >= 15 is 0 Å². The first kappa shape index (κ1) is 72.5. The summed E-state index contributed by atoms with van der Waals surface area (Å²) >= 11 is -2.47. The monoisotopic (exact) mass is 1120 g/mol. The molecule has 4 fully saturated rings. The third kappa shape index (κ3) is 28.1. The molecule has 394 valence electrons. The standard InChI is InChI=1S/2C17H24O2.2C10H20.3CH3.5ClH.2Ti/c2*1-17(2,3)19-16(18)15-10-8-14(9-11-15)12-13-6-4-5-7-13;2*1-6-7(2)9(4)10(5)8(6)3;;;;;;;;;;/h2*8-11,13H,4-7,12H2,1-3H3;2*6-10H,1-5H3;3*1H3;5*1H;;/q;;;;3*-1;;;;;;+2;+4/p-5. The fraction of sp³-hybridized carbons (Fsp3) is 0.702. The Morgan fingerprint density at radius 2 is 0.647 bits per heavy atom. The van der Waals surface area contributed by atoms with Gasteiger partial charge in [0.2, 0.25) is 0 Å². The van der Waals surface area contributed by atoms with E-state index in [-0.39, 0.29) is 34.2 Å². The van der Waals surface area contributed by atoms with Gasteiger partial charge in [0, 0.05) is 0 Å². The van der Waals surface area contributed by atoms with Crippen LogP contribution in [0.15, 0.2) is 48.5 Å². The average molecular weight is 1120 g/mol. The first-order chi connectivity index (χ1) is 30.1. The summed E-state index contributed by atoms with van der Waals surface area (Å²) < 4.78 is 10.7. The van der Waals surface area contributed by atoms with Crippen molar-refractivity contribution in [1.29, 1.82) is 0 Å². The number of carbonyl (C=O) groups is 2. The molecule has 6 rings (SSSR count). The molecule has 0 saturated heterocycles. The van der Waals surface area contributed by atoms with Crippen LogP contribution in [0.5, 0.6) is 0 Å². The molecule has 11 heteroatoms. The van der Waals surface area contributed by atoms with Crippen molar-refractivity contribution in [2.24, 2.45) is 71.0 Å². The van der Waals surface area contributed by atoms with E-state index in [1.807, 2.05) is 65.8 Å². The van der Waals surface area contributed by atoms with Crippen molar-refractivity contribution >= 4 is 58.5 Å². The van der Waals surface area contributed by atoms with Gasteiger partial charge in [-0.1, -0.05) is 145 Å². The molecule has 0 aliphatic heterocycles. The Labute approximate surface area is 455 Å². The van der Waals surface area contributed by atoms with Gasteiger partial charge in [0.15, 0.2) is 0 Å². The van der Waals surface area contributed by atoms with E-state index in [0.717, 1.165) is 83.9 Å². The summed E-state index contributed by atoms with van der Waals surface area (Å²) in [5.41, 5.74) is 3.09. The number of hydrogen-bond acceptors (Lipinski definition) is 4. The summed E-state index contributed by atoms with van der Waals surface area (Å²) in [6.45, 7) is 35.3. The molecule has 0 unspecified atom stereocenters. The zero-order valence-corrected chi connectivity index (χ0v) is 53.0. The maximum atomic E-state index is 11.9. The van der Waals surface area contributed by atoms with Gasteiger partial charge in [-0.25, -0.2) is 9.59 Å². The van der Waals surface area contributed by atoms with E-state index in [1.165, 1.54) is 62.5 Å². The molecule has 0 heterocycles. The molecule has 0 radical (unpaired) electrons. The molecule has 2 aromatic rings. The van der Waals surface area contributed by atoms with Crippen LogP contribution in [0.1, 0.15) is 194 Å². The number of halogens is 5. The Morgan fingerprint density at radius 1 is 0.471 bits per heavy atom. The van der Waals surface area contributed by atoms with Gasteiger partial charge in [0.05, 0.1) is 11.1 Å². The van der Waals surface area contributed by atoms with Gasteiger partial charge in [-0.05, 0) is 161 Å². The second-order valence-corrected chi connectivity index (χ2v) is 32.3. The average Bonchev–Trinajstić information content (AvgIpc) is 4.01. The predicted molar refractivity (Wildman–Crippen MR) is 295 cm³/mol. The van der Waals surface area contributed by atoms with Crippen LogP contribution in [0, 0.1) is 93.3 Å². The van der Waals surface area contributed by atoms with Crippen molar-refractivity contribution in [3.8, 4) is 0 Å². The topological polar surface area (TPSA) is 52.6 Å². The molecule has 0 bridgehead atoms. The van der Waals surface area contributed by atoms with Crippen molar-refractivity contribution in [3.05, 3.63) is 93.1 Å². The summed E-state index contributed by atoms with van der Waals surface area (Å²) in [5, 5.41) is 0. The van der Waals surface area contributed by atoms with E-state index in [2.05, 4.69) is 93.5 Å². The molecule has 0 N–H and O–H groups in total. The molecule has 68 heavy (non-hydrogen) atoms. The van der Waals surface area contributed by atoms with Gasteiger partial charge in [-0.15, -0.1) is 0 Å². The van der Waals surface area contributed by atoms with Crippen molar-refractivity contribution in [2.75, 3.05) is 0 Å². The van der Waals surface area contributed by atoms with Crippen LogP contribution in [0.4, 0.5) is 0 Å². The second kappa shape index (κ2) is 36.2. The van der Waals surface area contributed by atoms with Crippen LogP contribution >= 0.6 is 46.5 Å². The molecule has 0 spiro atoms. The van der Waals surface area contributed by atoms with Crippen molar-refractivity contribution in [2.45, 2.75) is 186 Å². The van der Waals surface area contributed by atoms with E-state index < -0.39 is 42.9 Å². The summed E-state index contributed by atoms with van der Waals surface area (Å²) in [7, 11) is 24.7. The summed E-state index contributed by atoms with van der Waals surface area (Å²) in [4.78, 5) is 23.8. The zero-order chi connectivity index (χ0) is 49.8. The van der Waals surface area contributed by atoms with Crippen LogP contribution in [-0.2, 0) is 54.0 Å². The normalized spacial score (nSPS) is 26.2. The third-order valence-corrected chi connectivity index (χ3v) is 15.5. The SMILES string of the molecule is CC(C)(C)OC(=O)c1ccc(CC2CCCC2)cc1.CC(C)(C)OC(=O)c1ccc(CC2CCCC2)cc1.CC1C(C)C(C)C(C)C1C.CC1C(C)C(C)C(C)C1C.[CH3-].[CH3-].[CH3-].[Cl][Ti+]([Cl])[Cl].[Cl][Ti][Cl]. The number of carbonyl (C=O) groups excluding carboxylic acids is 2. The Bertz CT molecular complexity index is 1390. The Morgan fingerprint density at radius 3 is 0.809 bits per heavy atom. The summed E-state index contributed by atoms with van der Waals surface area (Å²) in [6.07, 6.45) is 13.2. The van der Waals surface area contributed by atoms with Gasteiger partial charge in [0.1, 0.15) is 11.2 Å². The molecule has 0 amide bonds. The Kier molecular flexibility index (Phi) is 38.6. The molecule has 0 aromatic heterocycles. The molecule has 0 atom stereocenters. The first-order valence-corrected chi connectivity index (χ1v) is 35.3. The molecule has 4 nitrogen and oxygen atoms in total. The molecular weight excluding hydrogens is 1020 g/mol. The van der Waals surface area contributed by atoms with Gasteiger partial charge >= 0.3 is 90.2 Å². The van der Waals surface area contributed by atoms with E-state index in [9.17, 15) is 9.59 Å². The molecule has 4 aliphatic carbocycles. The zero-order valence-electron chi connectivity index (χ0n) is 46.1. The van der Waals surface area contributed by atoms with Gasteiger partial charge in [-0.2, -0.15) is 0 Å². The van der Waals surface area contributed by atoms with Crippen LogP contribution in [0.25, 0.3) is 0 Å². The van der Waals surface area contributed by atoms with Gasteiger partial charge in [-0.3, -0.25) is 0 Å². The second-order valence-electron chi connectivity index (χ2n) is 22.0. The molecule has 4 saturated carbocycles. The number of rotatable bonds is 6. The third-order valence-electron chi connectivity index (χ3n) is 15.5. The minimum absolute atomic E-state index is 0. The van der Waals surface area contributed by atoms with Crippen LogP contribution in [0.2, 0.25) is 0 Å². The quantitative estimate of drug-likeness (QED) is 0.164. The summed E-state index contributed by atoms with van der Waals surface area (Å²) in [5.74, 6) is 10.6. The van der Waals surface area contributed by atoms with Crippen LogP contribution in [-0.4, -0.2) is 23.1 Å². The van der Waals surface area contributed by atoms with E-state index in [4.69, 9.17) is 56.0 Å². The number of benzene rings is 2. The molecule has 4 aliphatic rings. The predicted octanol–water partition coefficient (Wildman–Crippen LogP) is 19.9. The van der Waals surface area contributed by atoms with Gasteiger partial charge < -0.3 is 31.8 Å². The van der Waals surface area contributed by atoms with Crippen molar-refractivity contribution in [3.63, 3.8) is 0 Å². The maximum absolute atomic E-state index is 11.9. The van der Waals surface area contributed by atoms with Crippen LogP contribution < -0.4 is 0 Å². The Balaban J connectivity index is -0.000000805. The number of esters is 2. The Hall–Kier alpha value is 0.259. The van der Waals surface area contributed by atoms with Gasteiger partial charge in [0.25, 0.3) is 0 Å². The molecule has 2 aromatic carbocycles. The summed E-state index contributed by atoms with van der Waals surface area (Å²) in [6, 6.07) is 15.8. The molecular formula is C57H97Cl5O4Ti2-2. The fourth-order valence-electron chi connectivity index (χ4n) is 10.1. The minimum atomic E-state index is -1.92. The van der Waals surface area contributed by atoms with Crippen LogP contribution in [0.3, 0.4) is 0 Å². The van der Waals surface area contributed by atoms with E-state index in [1.54, 1.807) is 0 Å². The number of hydrogen-bond donors (Lipinski definition) is 0.